The Morgan fingerprint density at radius 1 is 1.43 bits per heavy atom. The smallest absolute Gasteiger partial charge is 0.119 e. The number of hydrogen-bond donors (Lipinski definition) is 0. The van der Waals surface area contributed by atoms with Crippen molar-refractivity contribution >= 4 is 0 Å². The third-order valence-corrected chi connectivity index (χ3v) is 6.07. The third kappa shape index (κ3) is 2.38. The van der Waals surface area contributed by atoms with Crippen molar-refractivity contribution < 1.29 is 7.48 Å². The molecule has 116 valence electrons. The van der Waals surface area contributed by atoms with E-state index in [1.165, 1.54) is 36.8 Å². The maximum atomic E-state index is 7.34. The molecule has 0 heterocycles. The zero-order valence-electron chi connectivity index (χ0n) is 15.6. The van der Waals surface area contributed by atoms with Crippen LogP contribution < -0.4 is 4.74 Å². The zero-order chi connectivity index (χ0) is 16.6. The van der Waals surface area contributed by atoms with E-state index in [2.05, 4.69) is 37.9 Å². The summed E-state index contributed by atoms with van der Waals surface area (Å²) in [4.78, 5) is 2.52. The number of methoxy groups -OCH3 is 1. The van der Waals surface area contributed by atoms with Gasteiger partial charge in [-0.1, -0.05) is 32.8 Å². The Kier molecular flexibility index (Phi) is 3.36. The summed E-state index contributed by atoms with van der Waals surface area (Å²) < 4.78 is 20.0. The summed E-state index contributed by atoms with van der Waals surface area (Å²) >= 11 is 0. The van der Waals surface area contributed by atoms with Crippen LogP contribution in [-0.2, 0) is 11.8 Å². The molecule has 0 N–H and O–H groups in total. The lowest BCUT2D eigenvalue weighted by atomic mass is 9.56. The number of rotatable bonds is 3. The van der Waals surface area contributed by atoms with Gasteiger partial charge in [0, 0.05) is 6.04 Å². The van der Waals surface area contributed by atoms with Crippen LogP contribution in [0.15, 0.2) is 18.2 Å². The fourth-order valence-corrected chi connectivity index (χ4v) is 4.72. The molecule has 2 aliphatic carbocycles. The molecule has 0 bridgehead atoms. The van der Waals surface area contributed by atoms with Crippen molar-refractivity contribution in [3.63, 3.8) is 0 Å². The molecule has 1 saturated carbocycles. The average Bonchev–Trinajstić information content (AvgIpc) is 2.53. The van der Waals surface area contributed by atoms with Crippen molar-refractivity contribution in [1.82, 2.24) is 4.90 Å². The molecule has 2 heteroatoms. The minimum Gasteiger partial charge on any atom is -0.497 e. The summed E-state index contributed by atoms with van der Waals surface area (Å²) in [7, 11) is 0.998. The van der Waals surface area contributed by atoms with Crippen molar-refractivity contribution in [2.45, 2.75) is 57.4 Å². The van der Waals surface area contributed by atoms with E-state index in [4.69, 9.17) is 7.48 Å². The van der Waals surface area contributed by atoms with Crippen LogP contribution >= 0.6 is 0 Å². The minimum atomic E-state index is -1.26. The highest BCUT2D eigenvalue weighted by Crippen LogP contribution is 2.51. The Hall–Kier alpha value is -1.02. The van der Waals surface area contributed by atoms with Crippen LogP contribution in [0, 0.1) is 5.92 Å². The SMILES string of the molecule is [2H]C([2H])Oc1ccc2c(c1)[C@]1(C)CCCCC1[C@@H](N(C)CC)C2. The molecular formula is C19H29NO. The molecule has 0 saturated heterocycles. The zero-order valence-corrected chi connectivity index (χ0v) is 13.6. The molecule has 1 fully saturated rings. The highest BCUT2D eigenvalue weighted by molar-refractivity contribution is 5.44. The van der Waals surface area contributed by atoms with Crippen LogP contribution in [0.25, 0.3) is 0 Å². The Balaban J connectivity index is 2.02. The third-order valence-electron chi connectivity index (χ3n) is 6.07. The van der Waals surface area contributed by atoms with Gasteiger partial charge < -0.3 is 9.64 Å². The second-order valence-corrected chi connectivity index (χ2v) is 7.05. The highest BCUT2D eigenvalue weighted by atomic mass is 16.5. The molecule has 0 aliphatic heterocycles. The second-order valence-electron chi connectivity index (χ2n) is 7.05. The first-order chi connectivity index (χ1) is 11.0. The maximum absolute atomic E-state index is 7.34. The number of fused-ring (bicyclic) bond motifs is 3. The van der Waals surface area contributed by atoms with Crippen molar-refractivity contribution in [3.05, 3.63) is 29.3 Å². The van der Waals surface area contributed by atoms with E-state index in [1.54, 1.807) is 0 Å². The van der Waals surface area contributed by atoms with Crippen molar-refractivity contribution in [1.29, 1.82) is 0 Å². The van der Waals surface area contributed by atoms with Crippen molar-refractivity contribution in [3.8, 4) is 5.75 Å². The van der Waals surface area contributed by atoms with Gasteiger partial charge in [-0.25, -0.2) is 0 Å². The quantitative estimate of drug-likeness (QED) is 0.833. The van der Waals surface area contributed by atoms with Crippen LogP contribution in [0.1, 0.15) is 53.4 Å². The second kappa shape index (κ2) is 5.64. The Bertz CT molecular complexity index is 562. The van der Waals surface area contributed by atoms with Crippen molar-refractivity contribution in [2.75, 3.05) is 20.7 Å². The number of nitrogens with zero attached hydrogens (tertiary/aromatic N) is 1. The van der Waals surface area contributed by atoms with Crippen LogP contribution in [-0.4, -0.2) is 31.6 Å². The van der Waals surface area contributed by atoms with E-state index >= 15 is 0 Å². The summed E-state index contributed by atoms with van der Waals surface area (Å²) in [5.74, 6) is 1.36. The van der Waals surface area contributed by atoms with E-state index in [0.717, 1.165) is 13.0 Å². The van der Waals surface area contributed by atoms with Gasteiger partial charge >= 0.3 is 0 Å². The average molecular weight is 289 g/mol. The van der Waals surface area contributed by atoms with Gasteiger partial charge in [0.2, 0.25) is 0 Å². The predicted octanol–water partition coefficient (Wildman–Crippen LogP) is 4.02. The first-order valence-electron chi connectivity index (χ1n) is 9.46. The lowest BCUT2D eigenvalue weighted by molar-refractivity contribution is 0.0711. The molecule has 2 nitrogen and oxygen atoms in total. The summed E-state index contributed by atoms with van der Waals surface area (Å²) in [6.07, 6.45) is 6.26. The molecule has 0 amide bonds. The molecule has 1 aromatic carbocycles. The first-order valence-corrected chi connectivity index (χ1v) is 8.30. The van der Waals surface area contributed by atoms with E-state index in [0.29, 0.717) is 17.7 Å². The normalized spacial score (nSPS) is 33.2. The lowest BCUT2D eigenvalue weighted by Crippen LogP contribution is -2.53. The number of hydrogen-bond acceptors (Lipinski definition) is 2. The number of benzene rings is 1. The predicted molar refractivity (Wildman–Crippen MR) is 88.1 cm³/mol. The van der Waals surface area contributed by atoms with E-state index in [-0.39, 0.29) is 5.41 Å². The van der Waals surface area contributed by atoms with Gasteiger partial charge in [0.15, 0.2) is 0 Å². The molecular weight excluding hydrogens is 258 g/mol. The van der Waals surface area contributed by atoms with Crippen LogP contribution in [0.4, 0.5) is 0 Å². The van der Waals surface area contributed by atoms with E-state index < -0.39 is 7.06 Å². The molecule has 0 spiro atoms. The van der Waals surface area contributed by atoms with Gasteiger partial charge in [-0.3, -0.25) is 0 Å². The fraction of sp³-hybridized carbons (Fsp3) is 0.684. The molecule has 21 heavy (non-hydrogen) atoms. The van der Waals surface area contributed by atoms with E-state index in [9.17, 15) is 0 Å². The topological polar surface area (TPSA) is 12.5 Å². The summed E-state index contributed by atoms with van der Waals surface area (Å²) in [5.41, 5.74) is 3.02. The fourth-order valence-electron chi connectivity index (χ4n) is 4.72. The molecule has 0 aromatic heterocycles. The van der Waals surface area contributed by atoms with Gasteiger partial charge in [0.05, 0.1) is 9.80 Å². The minimum absolute atomic E-state index is 0.193. The number of ether oxygens (including phenoxy) is 1. The van der Waals surface area contributed by atoms with Gasteiger partial charge in [0.25, 0.3) is 0 Å². The van der Waals surface area contributed by atoms with E-state index in [1.807, 2.05) is 6.07 Å². The molecule has 0 radical (unpaired) electrons. The van der Waals surface area contributed by atoms with Crippen LogP contribution in [0.2, 0.25) is 0 Å². The Labute approximate surface area is 132 Å². The van der Waals surface area contributed by atoms with Crippen LogP contribution in [0.5, 0.6) is 5.75 Å². The van der Waals surface area contributed by atoms with Gasteiger partial charge in [-0.2, -0.15) is 0 Å². The Morgan fingerprint density at radius 2 is 2.29 bits per heavy atom. The summed E-state index contributed by atoms with van der Waals surface area (Å²) in [6.45, 7) is 5.76. The summed E-state index contributed by atoms with van der Waals surface area (Å²) in [5, 5.41) is 0. The largest absolute Gasteiger partial charge is 0.497 e. The van der Waals surface area contributed by atoms with Gasteiger partial charge in [0.1, 0.15) is 5.75 Å². The molecule has 2 aliphatic rings. The highest BCUT2D eigenvalue weighted by Gasteiger charge is 2.47. The number of likely N-dealkylation sites (N-methyl/N-ethyl adjacent to an activating group) is 1. The van der Waals surface area contributed by atoms with Gasteiger partial charge in [-0.05, 0) is 67.4 Å². The molecule has 3 atom stereocenters. The molecule has 3 rings (SSSR count). The first kappa shape index (κ1) is 12.5. The standard InChI is InChI=1S/C19H29NO/c1-5-20(3)18-12-14-9-10-15(21-4)13-17(14)19(2)11-7-6-8-16(18)19/h9-10,13,16,18H,5-8,11-12H2,1-4H3/t16?,18-,19+/m0/s1/i4D2. The maximum Gasteiger partial charge on any atom is 0.119 e. The van der Waals surface area contributed by atoms with Crippen LogP contribution in [0.3, 0.4) is 0 Å². The summed E-state index contributed by atoms with van der Waals surface area (Å²) in [6, 6.07) is 6.83. The molecule has 1 aromatic rings. The van der Waals surface area contributed by atoms with Crippen molar-refractivity contribution in [2.24, 2.45) is 5.92 Å². The lowest BCUT2D eigenvalue weighted by Gasteiger charge is -2.52. The monoisotopic (exact) mass is 289 g/mol. The molecule has 1 unspecified atom stereocenters. The van der Waals surface area contributed by atoms with Gasteiger partial charge in [-0.15, -0.1) is 0 Å². The Morgan fingerprint density at radius 3 is 3.05 bits per heavy atom.